The number of hydrogen-bond donors (Lipinski definition) is 1. The van der Waals surface area contributed by atoms with Crippen LogP contribution in [0.4, 0.5) is 0 Å². The SMILES string of the molecule is Cc1nn(C)c(CNCCc2ccc(Br)s2)c1Br. The molecule has 0 spiro atoms. The highest BCUT2D eigenvalue weighted by atomic mass is 79.9. The zero-order valence-electron chi connectivity index (χ0n) is 10.3. The molecular formula is C12H15Br2N3S. The highest BCUT2D eigenvalue weighted by molar-refractivity contribution is 9.11. The zero-order valence-corrected chi connectivity index (χ0v) is 14.3. The van der Waals surface area contributed by atoms with Crippen molar-refractivity contribution < 1.29 is 0 Å². The first-order valence-electron chi connectivity index (χ1n) is 5.71. The van der Waals surface area contributed by atoms with Crippen LogP contribution in [0.1, 0.15) is 16.3 Å². The van der Waals surface area contributed by atoms with Crippen molar-refractivity contribution in [1.82, 2.24) is 15.1 Å². The predicted octanol–water partition coefficient (Wildman–Crippen LogP) is 3.65. The minimum Gasteiger partial charge on any atom is -0.311 e. The molecule has 0 aromatic carbocycles. The van der Waals surface area contributed by atoms with Gasteiger partial charge in [-0.2, -0.15) is 5.10 Å². The van der Waals surface area contributed by atoms with Gasteiger partial charge >= 0.3 is 0 Å². The standard InChI is InChI=1S/C12H15Br2N3S/c1-8-12(14)10(17(2)16-8)7-15-6-5-9-3-4-11(13)18-9/h3-4,15H,5-7H2,1-2H3. The minimum absolute atomic E-state index is 0.838. The molecular weight excluding hydrogens is 378 g/mol. The van der Waals surface area contributed by atoms with Crippen molar-refractivity contribution in [2.75, 3.05) is 6.54 Å². The highest BCUT2D eigenvalue weighted by Crippen LogP contribution is 2.22. The number of halogens is 2. The fourth-order valence-electron chi connectivity index (χ4n) is 1.78. The molecule has 0 aliphatic carbocycles. The fraction of sp³-hybridized carbons (Fsp3) is 0.417. The van der Waals surface area contributed by atoms with Crippen LogP contribution in [-0.4, -0.2) is 16.3 Å². The molecule has 0 fully saturated rings. The quantitative estimate of drug-likeness (QED) is 0.787. The summed E-state index contributed by atoms with van der Waals surface area (Å²) >= 11 is 8.85. The first-order valence-corrected chi connectivity index (χ1v) is 8.11. The second kappa shape index (κ2) is 6.32. The van der Waals surface area contributed by atoms with Gasteiger partial charge < -0.3 is 5.32 Å². The molecule has 6 heteroatoms. The molecule has 0 radical (unpaired) electrons. The third kappa shape index (κ3) is 3.44. The Morgan fingerprint density at radius 3 is 2.72 bits per heavy atom. The molecule has 0 bridgehead atoms. The first kappa shape index (κ1) is 14.2. The zero-order chi connectivity index (χ0) is 13.1. The van der Waals surface area contributed by atoms with Crippen molar-refractivity contribution in [1.29, 1.82) is 0 Å². The summed E-state index contributed by atoms with van der Waals surface area (Å²) in [7, 11) is 1.98. The molecule has 0 atom stereocenters. The van der Waals surface area contributed by atoms with E-state index in [4.69, 9.17) is 0 Å². The largest absolute Gasteiger partial charge is 0.311 e. The lowest BCUT2D eigenvalue weighted by molar-refractivity contribution is 0.624. The number of aromatic nitrogens is 2. The monoisotopic (exact) mass is 391 g/mol. The van der Waals surface area contributed by atoms with E-state index in [1.807, 2.05) is 18.7 Å². The Bertz CT molecular complexity index is 533. The Morgan fingerprint density at radius 2 is 2.17 bits per heavy atom. The molecule has 0 amide bonds. The van der Waals surface area contributed by atoms with Gasteiger partial charge in [-0.25, -0.2) is 0 Å². The van der Waals surface area contributed by atoms with Gasteiger partial charge in [0.2, 0.25) is 0 Å². The molecule has 0 unspecified atom stereocenters. The average molecular weight is 393 g/mol. The fourth-order valence-corrected chi connectivity index (χ4v) is 3.74. The van der Waals surface area contributed by atoms with Gasteiger partial charge in [-0.1, -0.05) is 0 Å². The van der Waals surface area contributed by atoms with Gasteiger partial charge in [0.1, 0.15) is 0 Å². The van der Waals surface area contributed by atoms with Crippen LogP contribution in [0.15, 0.2) is 20.4 Å². The number of nitrogens with one attached hydrogen (secondary N) is 1. The van der Waals surface area contributed by atoms with Gasteiger partial charge in [0.15, 0.2) is 0 Å². The van der Waals surface area contributed by atoms with Crippen molar-refractivity contribution in [3.8, 4) is 0 Å². The van der Waals surface area contributed by atoms with E-state index in [9.17, 15) is 0 Å². The van der Waals surface area contributed by atoms with E-state index in [2.05, 4.69) is 54.4 Å². The molecule has 2 heterocycles. The lowest BCUT2D eigenvalue weighted by atomic mass is 10.3. The summed E-state index contributed by atoms with van der Waals surface area (Å²) in [5, 5.41) is 7.83. The van der Waals surface area contributed by atoms with Crippen LogP contribution in [0.5, 0.6) is 0 Å². The Hall–Kier alpha value is -0.170. The van der Waals surface area contributed by atoms with E-state index in [0.717, 1.165) is 29.7 Å². The second-order valence-corrected chi connectivity index (χ2v) is 7.44. The summed E-state index contributed by atoms with van der Waals surface area (Å²) in [5.41, 5.74) is 2.23. The Labute approximate surface area is 128 Å². The molecule has 18 heavy (non-hydrogen) atoms. The Balaban J connectivity index is 1.82. The molecule has 0 saturated heterocycles. The van der Waals surface area contributed by atoms with Crippen molar-refractivity contribution in [2.45, 2.75) is 19.9 Å². The summed E-state index contributed by atoms with van der Waals surface area (Å²) in [6.07, 6.45) is 1.06. The summed E-state index contributed by atoms with van der Waals surface area (Å²) in [6.45, 7) is 3.82. The van der Waals surface area contributed by atoms with E-state index in [-0.39, 0.29) is 0 Å². The Kier molecular flexibility index (Phi) is 5.00. The maximum atomic E-state index is 4.38. The molecule has 98 valence electrons. The maximum absolute atomic E-state index is 4.38. The normalized spacial score (nSPS) is 11.1. The van der Waals surface area contributed by atoms with E-state index in [1.54, 1.807) is 11.3 Å². The van der Waals surface area contributed by atoms with E-state index in [0.29, 0.717) is 0 Å². The molecule has 0 saturated carbocycles. The van der Waals surface area contributed by atoms with Crippen molar-refractivity contribution in [3.63, 3.8) is 0 Å². The van der Waals surface area contributed by atoms with Crippen LogP contribution >= 0.6 is 43.2 Å². The summed E-state index contributed by atoms with van der Waals surface area (Å²) in [4.78, 5) is 1.40. The topological polar surface area (TPSA) is 29.9 Å². The van der Waals surface area contributed by atoms with Gasteiger partial charge in [-0.15, -0.1) is 11.3 Å². The van der Waals surface area contributed by atoms with Gasteiger partial charge in [0.05, 0.1) is 19.6 Å². The summed E-state index contributed by atoms with van der Waals surface area (Å²) in [5.74, 6) is 0. The van der Waals surface area contributed by atoms with E-state index < -0.39 is 0 Å². The molecule has 3 nitrogen and oxygen atoms in total. The van der Waals surface area contributed by atoms with Crippen LogP contribution in [0.25, 0.3) is 0 Å². The first-order chi connectivity index (χ1) is 8.58. The molecule has 2 aromatic rings. The lowest BCUT2D eigenvalue weighted by Gasteiger charge is -2.05. The number of nitrogens with zero attached hydrogens (tertiary/aromatic N) is 2. The van der Waals surface area contributed by atoms with Gasteiger partial charge in [0.25, 0.3) is 0 Å². The van der Waals surface area contributed by atoms with Crippen LogP contribution in [0, 0.1) is 6.92 Å². The molecule has 1 N–H and O–H groups in total. The van der Waals surface area contributed by atoms with Crippen LogP contribution in [0.3, 0.4) is 0 Å². The predicted molar refractivity (Wildman–Crippen MR) is 83.1 cm³/mol. The van der Waals surface area contributed by atoms with Gasteiger partial charge in [-0.05, 0) is 57.3 Å². The van der Waals surface area contributed by atoms with Crippen LogP contribution in [-0.2, 0) is 20.0 Å². The van der Waals surface area contributed by atoms with Gasteiger partial charge in [0, 0.05) is 25.0 Å². The number of thiophene rings is 1. The van der Waals surface area contributed by atoms with Crippen LogP contribution in [0.2, 0.25) is 0 Å². The van der Waals surface area contributed by atoms with E-state index in [1.165, 1.54) is 14.4 Å². The molecule has 0 aliphatic heterocycles. The third-order valence-electron chi connectivity index (χ3n) is 2.73. The van der Waals surface area contributed by atoms with Crippen LogP contribution < -0.4 is 5.32 Å². The molecule has 2 rings (SSSR count). The summed E-state index contributed by atoms with van der Waals surface area (Å²) in [6, 6.07) is 4.27. The second-order valence-electron chi connectivity index (χ2n) is 4.10. The molecule has 2 aromatic heterocycles. The third-order valence-corrected chi connectivity index (χ3v) is 5.45. The number of hydrogen-bond acceptors (Lipinski definition) is 3. The number of rotatable bonds is 5. The van der Waals surface area contributed by atoms with E-state index >= 15 is 0 Å². The van der Waals surface area contributed by atoms with Gasteiger partial charge in [-0.3, -0.25) is 4.68 Å². The Morgan fingerprint density at radius 1 is 1.39 bits per heavy atom. The van der Waals surface area contributed by atoms with Crippen molar-refractivity contribution >= 4 is 43.2 Å². The summed E-state index contributed by atoms with van der Waals surface area (Å²) < 4.78 is 4.23. The maximum Gasteiger partial charge on any atom is 0.0739 e. The molecule has 0 aliphatic rings. The lowest BCUT2D eigenvalue weighted by Crippen LogP contribution is -2.18. The average Bonchev–Trinajstić information content (AvgIpc) is 2.82. The smallest absolute Gasteiger partial charge is 0.0739 e. The van der Waals surface area contributed by atoms with Crippen molar-refractivity contribution in [2.24, 2.45) is 7.05 Å². The highest BCUT2D eigenvalue weighted by Gasteiger charge is 2.09. The number of aryl methyl sites for hydroxylation is 2. The minimum atomic E-state index is 0.838. The van der Waals surface area contributed by atoms with Crippen molar-refractivity contribution in [3.05, 3.63) is 36.7 Å².